The van der Waals surface area contributed by atoms with E-state index in [1.54, 1.807) is 0 Å². The number of sulfonamides is 2. The smallest absolute Gasteiger partial charge is 0.284 e. The highest BCUT2D eigenvalue weighted by atomic mass is 32.2. The third-order valence-corrected chi connectivity index (χ3v) is 7.97. The predicted molar refractivity (Wildman–Crippen MR) is 133 cm³/mol. The van der Waals surface area contributed by atoms with Gasteiger partial charge in [-0.2, -0.15) is 21.6 Å². The molecular weight excluding hydrogens is 489 g/mol. The van der Waals surface area contributed by atoms with E-state index < -0.39 is 25.6 Å². The first-order valence-electron chi connectivity index (χ1n) is 12.2. The summed E-state index contributed by atoms with van der Waals surface area (Å²) in [5.41, 5.74) is -5.59. The minimum atomic E-state index is -5.52. The molecule has 1 aromatic carbocycles. The maximum absolute atomic E-state index is 12.4. The van der Waals surface area contributed by atoms with Crippen LogP contribution in [0.5, 0.6) is 0 Å². The zero-order chi connectivity index (χ0) is 25.5. The number of alkyl halides is 3. The number of hydrogen-bond donors (Lipinski definition) is 2. The predicted octanol–water partition coefficient (Wildman–Crippen LogP) is 7.17. The van der Waals surface area contributed by atoms with Crippen molar-refractivity contribution in [3.05, 3.63) is 24.3 Å². The molecule has 0 unspecified atom stereocenters. The molecular formula is C23H39F3N2O4S2. The molecule has 1 aromatic rings. The SMILES string of the molecule is CCCCCCCCCCCCCCCCS(=O)(=O)Nc1ccc(NS(=O)(=O)C(F)(F)F)cc1. The zero-order valence-electron chi connectivity index (χ0n) is 20.0. The molecule has 0 atom stereocenters. The molecule has 0 bridgehead atoms. The molecule has 0 aliphatic heterocycles. The monoisotopic (exact) mass is 528 g/mol. The number of benzene rings is 1. The summed E-state index contributed by atoms with van der Waals surface area (Å²) in [6, 6.07) is 4.54. The molecule has 6 nitrogen and oxygen atoms in total. The first kappa shape index (κ1) is 30.5. The Morgan fingerprint density at radius 1 is 0.618 bits per heavy atom. The van der Waals surface area contributed by atoms with Crippen LogP contribution in [0.1, 0.15) is 96.8 Å². The number of halogens is 3. The third-order valence-electron chi connectivity index (χ3n) is 5.48. The normalized spacial score (nSPS) is 12.6. The molecule has 11 heteroatoms. The van der Waals surface area contributed by atoms with Crippen LogP contribution in [0.15, 0.2) is 24.3 Å². The molecule has 0 saturated carbocycles. The molecule has 0 amide bonds. The highest BCUT2D eigenvalue weighted by Crippen LogP contribution is 2.26. The van der Waals surface area contributed by atoms with Crippen molar-refractivity contribution in [2.75, 3.05) is 15.2 Å². The van der Waals surface area contributed by atoms with E-state index in [4.69, 9.17) is 0 Å². The van der Waals surface area contributed by atoms with Gasteiger partial charge in [-0.15, -0.1) is 0 Å². The summed E-state index contributed by atoms with van der Waals surface area (Å²) in [6.07, 6.45) is 16.4. The quantitative estimate of drug-likeness (QED) is 0.186. The van der Waals surface area contributed by atoms with Crippen LogP contribution in [0.25, 0.3) is 0 Å². The minimum Gasteiger partial charge on any atom is -0.284 e. The van der Waals surface area contributed by atoms with Crippen LogP contribution in [-0.4, -0.2) is 28.1 Å². The van der Waals surface area contributed by atoms with Crippen molar-refractivity contribution < 1.29 is 30.0 Å². The van der Waals surface area contributed by atoms with Crippen LogP contribution in [0, 0.1) is 0 Å². The molecule has 0 aliphatic rings. The Labute approximate surface area is 203 Å². The third kappa shape index (κ3) is 13.4. The van der Waals surface area contributed by atoms with Crippen molar-refractivity contribution in [3.63, 3.8) is 0 Å². The van der Waals surface area contributed by atoms with E-state index in [9.17, 15) is 30.0 Å². The number of hydrogen-bond acceptors (Lipinski definition) is 4. The second-order valence-electron chi connectivity index (χ2n) is 8.65. The summed E-state index contributed by atoms with van der Waals surface area (Å²) in [4.78, 5) is 0. The largest absolute Gasteiger partial charge is 0.516 e. The van der Waals surface area contributed by atoms with E-state index >= 15 is 0 Å². The lowest BCUT2D eigenvalue weighted by atomic mass is 10.0. The van der Waals surface area contributed by atoms with Gasteiger partial charge in [0.2, 0.25) is 10.0 Å². The number of anilines is 2. The van der Waals surface area contributed by atoms with Crippen LogP contribution in [-0.2, 0) is 20.0 Å². The maximum Gasteiger partial charge on any atom is 0.516 e. The van der Waals surface area contributed by atoms with E-state index in [-0.39, 0.29) is 17.1 Å². The van der Waals surface area contributed by atoms with Gasteiger partial charge in [-0.05, 0) is 30.7 Å². The second-order valence-corrected chi connectivity index (χ2v) is 12.2. The van der Waals surface area contributed by atoms with Gasteiger partial charge in [0.05, 0.1) is 5.75 Å². The molecule has 2 N–H and O–H groups in total. The summed E-state index contributed by atoms with van der Waals surface area (Å²) >= 11 is 0. The van der Waals surface area contributed by atoms with E-state index in [2.05, 4.69) is 11.6 Å². The Bertz CT molecular complexity index is 888. The van der Waals surface area contributed by atoms with Crippen molar-refractivity contribution in [1.82, 2.24) is 0 Å². The molecule has 0 aliphatic carbocycles. The molecule has 0 heterocycles. The molecule has 0 aromatic heterocycles. The van der Waals surface area contributed by atoms with Gasteiger partial charge < -0.3 is 0 Å². The van der Waals surface area contributed by atoms with Gasteiger partial charge in [-0.1, -0.05) is 90.4 Å². The van der Waals surface area contributed by atoms with Gasteiger partial charge >= 0.3 is 15.5 Å². The fourth-order valence-electron chi connectivity index (χ4n) is 3.54. The van der Waals surface area contributed by atoms with Crippen LogP contribution >= 0.6 is 0 Å². The topological polar surface area (TPSA) is 92.3 Å². The average molecular weight is 529 g/mol. The summed E-state index contributed by atoms with van der Waals surface area (Å²) in [6.45, 7) is 2.22. The molecule has 0 saturated heterocycles. The van der Waals surface area contributed by atoms with Crippen molar-refractivity contribution in [3.8, 4) is 0 Å². The number of rotatable bonds is 19. The van der Waals surface area contributed by atoms with Gasteiger partial charge in [0, 0.05) is 11.4 Å². The fraction of sp³-hybridized carbons (Fsp3) is 0.739. The van der Waals surface area contributed by atoms with Gasteiger partial charge in [0.15, 0.2) is 0 Å². The van der Waals surface area contributed by atoms with Crippen LogP contribution in [0.4, 0.5) is 24.5 Å². The first-order chi connectivity index (χ1) is 16.0. The van der Waals surface area contributed by atoms with Gasteiger partial charge in [0.25, 0.3) is 0 Å². The van der Waals surface area contributed by atoms with Gasteiger partial charge in [0.1, 0.15) is 0 Å². The van der Waals surface area contributed by atoms with Crippen molar-refractivity contribution in [2.45, 2.75) is 102 Å². The Morgan fingerprint density at radius 3 is 1.35 bits per heavy atom. The molecule has 0 radical (unpaired) electrons. The molecule has 0 fully saturated rings. The summed E-state index contributed by atoms with van der Waals surface area (Å²) in [7, 11) is -9.11. The highest BCUT2D eigenvalue weighted by molar-refractivity contribution is 7.93. The van der Waals surface area contributed by atoms with E-state index in [1.807, 2.05) is 0 Å². The van der Waals surface area contributed by atoms with Crippen LogP contribution in [0.3, 0.4) is 0 Å². The van der Waals surface area contributed by atoms with Gasteiger partial charge in [-0.25, -0.2) is 8.42 Å². The molecule has 0 spiro atoms. The Hall–Kier alpha value is -1.49. The molecule has 1 rings (SSSR count). The lowest BCUT2D eigenvalue weighted by Gasteiger charge is -2.12. The van der Waals surface area contributed by atoms with Crippen molar-refractivity contribution >= 4 is 31.4 Å². The lowest BCUT2D eigenvalue weighted by Crippen LogP contribution is -2.29. The van der Waals surface area contributed by atoms with Crippen molar-refractivity contribution in [1.29, 1.82) is 0 Å². The van der Waals surface area contributed by atoms with Crippen molar-refractivity contribution in [2.24, 2.45) is 0 Å². The van der Waals surface area contributed by atoms with Crippen LogP contribution in [0.2, 0.25) is 0 Å². The number of nitrogens with one attached hydrogen (secondary N) is 2. The number of unbranched alkanes of at least 4 members (excludes halogenated alkanes) is 13. The summed E-state index contributed by atoms with van der Waals surface area (Å²) in [5.74, 6) is -0.0481. The Kier molecular flexibility index (Phi) is 13.9. The first-order valence-corrected chi connectivity index (χ1v) is 15.3. The van der Waals surface area contributed by atoms with E-state index in [0.717, 1.165) is 31.4 Å². The van der Waals surface area contributed by atoms with Crippen LogP contribution < -0.4 is 9.44 Å². The van der Waals surface area contributed by atoms with Gasteiger partial charge in [-0.3, -0.25) is 9.44 Å². The van der Waals surface area contributed by atoms with E-state index in [0.29, 0.717) is 6.42 Å². The summed E-state index contributed by atoms with van der Waals surface area (Å²) < 4.78 is 87.5. The average Bonchev–Trinajstić information content (AvgIpc) is 2.74. The lowest BCUT2D eigenvalue weighted by molar-refractivity contribution is -0.0429. The standard InChI is InChI=1S/C23H39F3N2O4S2/c1-2-3-4-5-6-7-8-9-10-11-12-13-14-15-20-33(29,30)27-21-16-18-22(19-17-21)28-34(31,32)23(24,25)26/h16-19,27-28H,2-15,20H2,1H3. The zero-order valence-corrected chi connectivity index (χ0v) is 21.6. The molecule has 198 valence electrons. The summed E-state index contributed by atoms with van der Waals surface area (Å²) in [5, 5.41) is 0. The highest BCUT2D eigenvalue weighted by Gasteiger charge is 2.46. The Morgan fingerprint density at radius 2 is 0.971 bits per heavy atom. The minimum absolute atomic E-state index is 0.0481. The maximum atomic E-state index is 12.4. The second kappa shape index (κ2) is 15.5. The fourth-order valence-corrected chi connectivity index (χ4v) is 5.28. The Balaban J connectivity index is 2.17. The molecule has 34 heavy (non-hydrogen) atoms. The van der Waals surface area contributed by atoms with E-state index in [1.165, 1.54) is 81.1 Å².